The molecule has 1 heterocycles. The van der Waals surface area contributed by atoms with Crippen LogP contribution in [0, 0.1) is 13.8 Å². The van der Waals surface area contributed by atoms with Gasteiger partial charge in [-0.25, -0.2) is 0 Å². The molecule has 2 nitrogen and oxygen atoms in total. The summed E-state index contributed by atoms with van der Waals surface area (Å²) < 4.78 is 0. The summed E-state index contributed by atoms with van der Waals surface area (Å²) in [6.07, 6.45) is 4.87. The molecule has 1 fully saturated rings. The number of piperidine rings is 1. The predicted molar refractivity (Wildman–Crippen MR) is 67.4 cm³/mol. The van der Waals surface area contributed by atoms with Crippen LogP contribution in [0.5, 0.6) is 0 Å². The summed E-state index contributed by atoms with van der Waals surface area (Å²) in [5.41, 5.74) is 4.43. The molecule has 0 saturated carbocycles. The zero-order chi connectivity index (χ0) is 11.5. The van der Waals surface area contributed by atoms with Crippen molar-refractivity contribution in [2.75, 3.05) is 18.0 Å². The first-order valence-electron chi connectivity index (χ1n) is 6.04. The number of nitrogens with zero attached hydrogens (tertiary/aromatic N) is 1. The lowest BCUT2D eigenvalue weighted by Crippen LogP contribution is -2.30. The minimum Gasteiger partial charge on any atom is -0.371 e. The number of aldehydes is 1. The number of hydrogen-bond donors (Lipinski definition) is 0. The van der Waals surface area contributed by atoms with E-state index in [-0.39, 0.29) is 0 Å². The van der Waals surface area contributed by atoms with E-state index in [2.05, 4.69) is 17.9 Å². The Morgan fingerprint density at radius 2 is 1.75 bits per heavy atom. The number of carbonyl (C=O) groups is 1. The Hall–Kier alpha value is -1.31. The van der Waals surface area contributed by atoms with Gasteiger partial charge in [0.15, 0.2) is 0 Å². The fraction of sp³-hybridized carbons (Fsp3) is 0.500. The van der Waals surface area contributed by atoms with Gasteiger partial charge in [0.05, 0.1) is 0 Å². The zero-order valence-corrected chi connectivity index (χ0v) is 10.1. The number of rotatable bonds is 2. The Balaban J connectivity index is 2.33. The first-order chi connectivity index (χ1) is 7.72. The fourth-order valence-corrected chi connectivity index (χ4v) is 2.43. The maximum absolute atomic E-state index is 10.9. The van der Waals surface area contributed by atoms with Crippen molar-refractivity contribution < 1.29 is 4.79 Å². The molecule has 0 atom stereocenters. The van der Waals surface area contributed by atoms with E-state index in [1.165, 1.54) is 30.5 Å². The summed E-state index contributed by atoms with van der Waals surface area (Å²) in [6.45, 7) is 6.41. The first kappa shape index (κ1) is 11.2. The predicted octanol–water partition coefficient (Wildman–Crippen LogP) is 3.11. The number of hydrogen-bond acceptors (Lipinski definition) is 2. The van der Waals surface area contributed by atoms with Gasteiger partial charge in [-0.3, -0.25) is 4.79 Å². The molecule has 0 bridgehead atoms. The second-order valence-electron chi connectivity index (χ2n) is 4.66. The van der Waals surface area contributed by atoms with Gasteiger partial charge in [0.2, 0.25) is 0 Å². The minimum absolute atomic E-state index is 0.818. The molecule has 1 aromatic carbocycles. The zero-order valence-electron chi connectivity index (χ0n) is 10.1. The molecule has 2 rings (SSSR count). The summed E-state index contributed by atoms with van der Waals surface area (Å²) in [4.78, 5) is 13.3. The topological polar surface area (TPSA) is 20.3 Å². The summed E-state index contributed by atoms with van der Waals surface area (Å²) in [7, 11) is 0. The molecule has 0 amide bonds. The molecular formula is C14H19NO. The van der Waals surface area contributed by atoms with Crippen molar-refractivity contribution in [1.82, 2.24) is 0 Å². The molecule has 0 aliphatic carbocycles. The van der Waals surface area contributed by atoms with Gasteiger partial charge in [-0.15, -0.1) is 0 Å². The highest BCUT2D eigenvalue weighted by atomic mass is 16.1. The maximum atomic E-state index is 10.9. The number of anilines is 1. The van der Waals surface area contributed by atoms with Gasteiger partial charge in [-0.05, 0) is 56.4 Å². The van der Waals surface area contributed by atoms with Crippen LogP contribution in [0.4, 0.5) is 5.69 Å². The SMILES string of the molecule is Cc1cc(N2CCCCC2)c(C)cc1C=O. The van der Waals surface area contributed by atoms with Crippen molar-refractivity contribution in [3.63, 3.8) is 0 Å². The van der Waals surface area contributed by atoms with Gasteiger partial charge >= 0.3 is 0 Å². The molecule has 1 aliphatic rings. The highest BCUT2D eigenvalue weighted by molar-refractivity contribution is 5.79. The van der Waals surface area contributed by atoms with E-state index in [1.54, 1.807) is 0 Å². The van der Waals surface area contributed by atoms with Crippen molar-refractivity contribution in [2.45, 2.75) is 33.1 Å². The van der Waals surface area contributed by atoms with Crippen molar-refractivity contribution in [3.8, 4) is 0 Å². The molecule has 1 aromatic rings. The van der Waals surface area contributed by atoms with Crippen molar-refractivity contribution in [1.29, 1.82) is 0 Å². The van der Waals surface area contributed by atoms with Gasteiger partial charge in [-0.2, -0.15) is 0 Å². The molecular weight excluding hydrogens is 198 g/mol. The maximum Gasteiger partial charge on any atom is 0.150 e. The Morgan fingerprint density at radius 1 is 1.06 bits per heavy atom. The van der Waals surface area contributed by atoms with Crippen LogP contribution in [-0.4, -0.2) is 19.4 Å². The summed E-state index contributed by atoms with van der Waals surface area (Å²) in [5.74, 6) is 0. The third-order valence-corrected chi connectivity index (χ3v) is 3.41. The lowest BCUT2D eigenvalue weighted by atomic mass is 10.0. The molecule has 0 unspecified atom stereocenters. The third-order valence-electron chi connectivity index (χ3n) is 3.41. The molecule has 0 aromatic heterocycles. The standard InChI is InChI=1S/C14H19NO/c1-11-9-14(12(2)8-13(11)10-16)15-6-4-3-5-7-15/h8-10H,3-7H2,1-2H3. The smallest absolute Gasteiger partial charge is 0.150 e. The summed E-state index contributed by atoms with van der Waals surface area (Å²) in [6, 6.07) is 4.16. The van der Waals surface area contributed by atoms with Gasteiger partial charge in [0.1, 0.15) is 6.29 Å². The third kappa shape index (κ3) is 2.11. The highest BCUT2D eigenvalue weighted by Gasteiger charge is 2.14. The van der Waals surface area contributed by atoms with Crippen molar-refractivity contribution in [3.05, 3.63) is 28.8 Å². The van der Waals surface area contributed by atoms with Gasteiger partial charge in [-0.1, -0.05) is 0 Å². The Labute approximate surface area is 97.3 Å². The lowest BCUT2D eigenvalue weighted by molar-refractivity contribution is 0.112. The van der Waals surface area contributed by atoms with E-state index < -0.39 is 0 Å². The highest BCUT2D eigenvalue weighted by Crippen LogP contribution is 2.26. The summed E-state index contributed by atoms with van der Waals surface area (Å²) >= 11 is 0. The van der Waals surface area contributed by atoms with Crippen LogP contribution in [-0.2, 0) is 0 Å². The van der Waals surface area contributed by atoms with E-state index in [0.29, 0.717) is 0 Å². The minimum atomic E-state index is 0.818. The average Bonchev–Trinajstić information content (AvgIpc) is 2.32. The average molecular weight is 217 g/mol. The largest absolute Gasteiger partial charge is 0.371 e. The Morgan fingerprint density at radius 3 is 2.38 bits per heavy atom. The van der Waals surface area contributed by atoms with E-state index in [9.17, 15) is 4.79 Å². The van der Waals surface area contributed by atoms with Gasteiger partial charge < -0.3 is 4.90 Å². The van der Waals surface area contributed by atoms with Crippen LogP contribution in [0.15, 0.2) is 12.1 Å². The fourth-order valence-electron chi connectivity index (χ4n) is 2.43. The number of aryl methyl sites for hydroxylation is 2. The molecule has 86 valence electrons. The van der Waals surface area contributed by atoms with Gasteiger partial charge in [0.25, 0.3) is 0 Å². The van der Waals surface area contributed by atoms with E-state index in [1.807, 2.05) is 13.0 Å². The number of benzene rings is 1. The molecule has 16 heavy (non-hydrogen) atoms. The van der Waals surface area contributed by atoms with Crippen LogP contribution >= 0.6 is 0 Å². The van der Waals surface area contributed by atoms with E-state index in [4.69, 9.17) is 0 Å². The molecule has 0 radical (unpaired) electrons. The van der Waals surface area contributed by atoms with E-state index in [0.717, 1.165) is 30.5 Å². The van der Waals surface area contributed by atoms with Crippen LogP contribution in [0.2, 0.25) is 0 Å². The first-order valence-corrected chi connectivity index (χ1v) is 6.04. The molecule has 2 heteroatoms. The second kappa shape index (κ2) is 4.69. The normalized spacial score (nSPS) is 16.2. The van der Waals surface area contributed by atoms with Crippen LogP contribution in [0.3, 0.4) is 0 Å². The molecule has 1 aliphatic heterocycles. The van der Waals surface area contributed by atoms with Crippen molar-refractivity contribution in [2.24, 2.45) is 0 Å². The van der Waals surface area contributed by atoms with Crippen LogP contribution in [0.1, 0.15) is 40.7 Å². The lowest BCUT2D eigenvalue weighted by Gasteiger charge is -2.30. The second-order valence-corrected chi connectivity index (χ2v) is 4.66. The van der Waals surface area contributed by atoms with Gasteiger partial charge in [0, 0.05) is 24.3 Å². The quantitative estimate of drug-likeness (QED) is 0.709. The summed E-state index contributed by atoms with van der Waals surface area (Å²) in [5, 5.41) is 0. The van der Waals surface area contributed by atoms with Crippen LogP contribution < -0.4 is 4.90 Å². The Kier molecular flexibility index (Phi) is 3.28. The molecule has 1 saturated heterocycles. The van der Waals surface area contributed by atoms with Crippen LogP contribution in [0.25, 0.3) is 0 Å². The van der Waals surface area contributed by atoms with Crippen molar-refractivity contribution >= 4 is 12.0 Å². The monoisotopic (exact) mass is 217 g/mol. The van der Waals surface area contributed by atoms with E-state index >= 15 is 0 Å². The number of carbonyl (C=O) groups excluding carboxylic acids is 1. The Bertz CT molecular complexity index is 392. The molecule has 0 spiro atoms. The molecule has 0 N–H and O–H groups in total.